The smallest absolute Gasteiger partial charge is 0.0808 e. The molecule has 0 bridgehead atoms. The van der Waals surface area contributed by atoms with Crippen molar-refractivity contribution in [3.63, 3.8) is 0 Å². The molecular formula is C16H23N3O. The second-order valence-corrected chi connectivity index (χ2v) is 6.02. The molecule has 3 rings (SSSR count). The van der Waals surface area contributed by atoms with Crippen LogP contribution in [-0.4, -0.2) is 28.0 Å². The molecule has 1 aromatic carbocycles. The first kappa shape index (κ1) is 13.6. The lowest BCUT2D eigenvalue weighted by Crippen LogP contribution is -2.50. The first-order valence-electron chi connectivity index (χ1n) is 7.40. The Morgan fingerprint density at radius 1 is 1.40 bits per heavy atom. The number of hydrogen-bond acceptors (Lipinski definition) is 3. The van der Waals surface area contributed by atoms with E-state index >= 15 is 0 Å². The minimum atomic E-state index is -0.211. The number of hydrogen-bond donors (Lipinski definition) is 1. The van der Waals surface area contributed by atoms with E-state index in [4.69, 9.17) is 10.5 Å². The topological polar surface area (TPSA) is 53.1 Å². The van der Waals surface area contributed by atoms with Gasteiger partial charge in [0, 0.05) is 31.5 Å². The summed E-state index contributed by atoms with van der Waals surface area (Å²) >= 11 is 0. The molecule has 108 valence electrons. The van der Waals surface area contributed by atoms with Gasteiger partial charge >= 0.3 is 0 Å². The minimum absolute atomic E-state index is 0.0129. The fraction of sp³-hybridized carbons (Fsp3) is 0.562. The Labute approximate surface area is 119 Å². The highest BCUT2D eigenvalue weighted by Crippen LogP contribution is 2.29. The fourth-order valence-electron chi connectivity index (χ4n) is 3.11. The third-order valence-corrected chi connectivity index (χ3v) is 4.53. The Morgan fingerprint density at radius 2 is 2.20 bits per heavy atom. The molecule has 1 aliphatic rings. The quantitative estimate of drug-likeness (QED) is 0.934. The van der Waals surface area contributed by atoms with Gasteiger partial charge in [-0.05, 0) is 32.3 Å². The maximum atomic E-state index is 6.44. The van der Waals surface area contributed by atoms with Gasteiger partial charge in [0.25, 0.3) is 0 Å². The molecule has 2 atom stereocenters. The molecule has 0 saturated carbocycles. The van der Waals surface area contributed by atoms with E-state index in [1.54, 1.807) is 0 Å². The highest BCUT2D eigenvalue weighted by atomic mass is 16.5. The van der Waals surface area contributed by atoms with Crippen molar-refractivity contribution >= 4 is 10.9 Å². The van der Waals surface area contributed by atoms with Crippen LogP contribution in [0.3, 0.4) is 0 Å². The lowest BCUT2D eigenvalue weighted by molar-refractivity contribution is -0.0809. The van der Waals surface area contributed by atoms with Crippen LogP contribution in [0.2, 0.25) is 0 Å². The first-order chi connectivity index (χ1) is 9.60. The summed E-state index contributed by atoms with van der Waals surface area (Å²) in [6, 6.07) is 8.29. The Morgan fingerprint density at radius 3 is 2.95 bits per heavy atom. The number of aryl methyl sites for hydroxylation is 1. The first-order valence-corrected chi connectivity index (χ1v) is 7.40. The summed E-state index contributed by atoms with van der Waals surface area (Å²) in [5.74, 6) is 0. The van der Waals surface area contributed by atoms with Crippen molar-refractivity contribution < 1.29 is 4.74 Å². The molecule has 0 spiro atoms. The average molecular weight is 273 g/mol. The monoisotopic (exact) mass is 273 g/mol. The predicted octanol–water partition coefficient (Wildman–Crippen LogP) is 2.40. The van der Waals surface area contributed by atoms with Crippen molar-refractivity contribution in [2.45, 2.75) is 44.2 Å². The highest BCUT2D eigenvalue weighted by molar-refractivity contribution is 5.81. The van der Waals surface area contributed by atoms with Crippen LogP contribution >= 0.6 is 0 Å². The van der Waals surface area contributed by atoms with Gasteiger partial charge in [-0.1, -0.05) is 18.2 Å². The van der Waals surface area contributed by atoms with Crippen LogP contribution in [0.25, 0.3) is 10.9 Å². The molecule has 20 heavy (non-hydrogen) atoms. The van der Waals surface area contributed by atoms with Crippen molar-refractivity contribution in [3.05, 3.63) is 30.0 Å². The summed E-state index contributed by atoms with van der Waals surface area (Å²) in [4.78, 5) is 0. The molecule has 1 aromatic heterocycles. The van der Waals surface area contributed by atoms with Crippen LogP contribution in [0.15, 0.2) is 24.3 Å². The van der Waals surface area contributed by atoms with Crippen molar-refractivity contribution in [1.29, 1.82) is 0 Å². The molecule has 4 heteroatoms. The van der Waals surface area contributed by atoms with Crippen LogP contribution in [0.5, 0.6) is 0 Å². The fourth-order valence-corrected chi connectivity index (χ4v) is 3.11. The zero-order valence-corrected chi connectivity index (χ0v) is 12.3. The maximum absolute atomic E-state index is 6.44. The molecule has 0 aliphatic carbocycles. The number of ether oxygens (including phenoxy) is 1. The zero-order valence-electron chi connectivity index (χ0n) is 12.3. The van der Waals surface area contributed by atoms with Crippen LogP contribution in [0, 0.1) is 0 Å². The van der Waals surface area contributed by atoms with Crippen molar-refractivity contribution in [2.24, 2.45) is 12.8 Å². The van der Waals surface area contributed by atoms with Crippen LogP contribution < -0.4 is 5.73 Å². The van der Waals surface area contributed by atoms with Gasteiger partial charge in [0.15, 0.2) is 0 Å². The third kappa shape index (κ3) is 2.34. The Bertz CT molecular complexity index is 599. The van der Waals surface area contributed by atoms with E-state index < -0.39 is 0 Å². The Hall–Kier alpha value is -1.39. The minimum Gasteiger partial charge on any atom is -0.374 e. The molecule has 1 aliphatic heterocycles. The summed E-state index contributed by atoms with van der Waals surface area (Å²) in [6.07, 6.45) is 4.15. The SMILES string of the molecule is Cn1nc(CC(N)C2(C)CCCCO2)c2ccccc21. The van der Waals surface area contributed by atoms with Gasteiger partial charge in [-0.3, -0.25) is 4.68 Å². The molecule has 2 heterocycles. The molecule has 2 N–H and O–H groups in total. The second kappa shape index (κ2) is 5.19. The number of para-hydroxylation sites is 1. The average Bonchev–Trinajstić information content (AvgIpc) is 2.77. The molecule has 1 fully saturated rings. The van der Waals surface area contributed by atoms with Crippen molar-refractivity contribution in [1.82, 2.24) is 9.78 Å². The molecule has 2 unspecified atom stereocenters. The summed E-state index contributed by atoms with van der Waals surface area (Å²) in [6.45, 7) is 2.97. The van der Waals surface area contributed by atoms with Gasteiger partial charge in [-0.2, -0.15) is 5.10 Å². The van der Waals surface area contributed by atoms with E-state index in [0.29, 0.717) is 0 Å². The van der Waals surface area contributed by atoms with Gasteiger partial charge in [0.05, 0.1) is 16.8 Å². The van der Waals surface area contributed by atoms with Crippen LogP contribution in [0.4, 0.5) is 0 Å². The number of nitrogens with zero attached hydrogens (tertiary/aromatic N) is 2. The molecule has 0 amide bonds. The molecule has 4 nitrogen and oxygen atoms in total. The van der Waals surface area contributed by atoms with Gasteiger partial charge in [0.1, 0.15) is 0 Å². The predicted molar refractivity (Wildman–Crippen MR) is 80.6 cm³/mol. The lowest BCUT2D eigenvalue weighted by Gasteiger charge is -2.38. The lowest BCUT2D eigenvalue weighted by atomic mass is 9.86. The third-order valence-electron chi connectivity index (χ3n) is 4.53. The molecule has 1 saturated heterocycles. The molecular weight excluding hydrogens is 250 g/mol. The van der Waals surface area contributed by atoms with Gasteiger partial charge in [0.2, 0.25) is 0 Å². The number of aromatic nitrogens is 2. The summed E-state index contributed by atoms with van der Waals surface area (Å²) in [7, 11) is 1.98. The highest BCUT2D eigenvalue weighted by Gasteiger charge is 2.35. The largest absolute Gasteiger partial charge is 0.374 e. The standard InChI is InChI=1S/C16H23N3O/c1-16(9-5-6-10-20-16)15(17)11-13-12-7-3-4-8-14(12)19(2)18-13/h3-4,7-8,15H,5-6,9-11,17H2,1-2H3. The number of nitrogens with two attached hydrogens (primary N) is 1. The van der Waals surface area contributed by atoms with E-state index in [9.17, 15) is 0 Å². The van der Waals surface area contributed by atoms with E-state index in [0.717, 1.165) is 37.1 Å². The van der Waals surface area contributed by atoms with Gasteiger partial charge < -0.3 is 10.5 Å². The number of rotatable bonds is 3. The van der Waals surface area contributed by atoms with Crippen LogP contribution in [-0.2, 0) is 18.2 Å². The summed E-state index contributed by atoms with van der Waals surface area (Å²) < 4.78 is 7.89. The van der Waals surface area contributed by atoms with E-state index in [-0.39, 0.29) is 11.6 Å². The second-order valence-electron chi connectivity index (χ2n) is 6.02. The normalized spacial score (nSPS) is 24.9. The Balaban J connectivity index is 1.85. The number of benzene rings is 1. The zero-order chi connectivity index (χ0) is 14.2. The summed E-state index contributed by atoms with van der Waals surface area (Å²) in [5.41, 5.74) is 8.46. The van der Waals surface area contributed by atoms with Crippen molar-refractivity contribution in [2.75, 3.05) is 6.61 Å². The van der Waals surface area contributed by atoms with E-state index in [1.807, 2.05) is 17.8 Å². The van der Waals surface area contributed by atoms with Crippen LogP contribution in [0.1, 0.15) is 31.9 Å². The number of fused-ring (bicyclic) bond motifs is 1. The molecule has 0 radical (unpaired) electrons. The van der Waals surface area contributed by atoms with Crippen molar-refractivity contribution in [3.8, 4) is 0 Å². The maximum Gasteiger partial charge on any atom is 0.0808 e. The Kier molecular flexibility index (Phi) is 3.52. The van der Waals surface area contributed by atoms with Gasteiger partial charge in [-0.25, -0.2) is 0 Å². The van der Waals surface area contributed by atoms with E-state index in [1.165, 1.54) is 11.8 Å². The summed E-state index contributed by atoms with van der Waals surface area (Å²) in [5, 5.41) is 5.84. The van der Waals surface area contributed by atoms with Gasteiger partial charge in [-0.15, -0.1) is 0 Å². The van der Waals surface area contributed by atoms with E-state index in [2.05, 4.69) is 30.2 Å². The molecule has 2 aromatic rings.